The van der Waals surface area contributed by atoms with Gasteiger partial charge in [0.15, 0.2) is 11.5 Å². The maximum atomic E-state index is 12.0. The third-order valence-electron chi connectivity index (χ3n) is 5.20. The van der Waals surface area contributed by atoms with E-state index in [0.717, 1.165) is 43.8 Å². The van der Waals surface area contributed by atoms with Crippen LogP contribution in [0.25, 0.3) is 0 Å². The fraction of sp³-hybridized carbons (Fsp3) is 0.632. The highest BCUT2D eigenvalue weighted by atomic mass is 16.7. The topological polar surface area (TPSA) is 60.0 Å². The van der Waals surface area contributed by atoms with Gasteiger partial charge in [0.1, 0.15) is 0 Å². The van der Waals surface area contributed by atoms with Gasteiger partial charge in [-0.05, 0) is 30.0 Å². The summed E-state index contributed by atoms with van der Waals surface area (Å²) >= 11 is 0. The summed E-state index contributed by atoms with van der Waals surface area (Å²) in [5.41, 5.74) is 1.11. The lowest BCUT2D eigenvalue weighted by Gasteiger charge is -2.38. The minimum absolute atomic E-state index is 0.240. The Morgan fingerprint density at radius 2 is 2.20 bits per heavy atom. The molecule has 0 radical (unpaired) electrons. The third-order valence-corrected chi connectivity index (χ3v) is 5.20. The van der Waals surface area contributed by atoms with E-state index in [0.29, 0.717) is 29.9 Å². The molecule has 1 amide bonds. The molecule has 25 heavy (non-hydrogen) atoms. The van der Waals surface area contributed by atoms with Crippen LogP contribution in [0.3, 0.4) is 0 Å². The molecule has 0 bridgehead atoms. The number of ether oxygens (including phenoxy) is 3. The lowest BCUT2D eigenvalue weighted by atomic mass is 9.89. The molecule has 0 aliphatic carbocycles. The molecule has 0 aromatic heterocycles. The molecule has 1 N–H and O–H groups in total. The zero-order valence-electron chi connectivity index (χ0n) is 15.3. The molecule has 2 aliphatic rings. The molecule has 1 saturated heterocycles. The number of amides is 1. The van der Waals surface area contributed by atoms with E-state index in [-0.39, 0.29) is 12.7 Å². The van der Waals surface area contributed by atoms with Gasteiger partial charge in [0, 0.05) is 32.1 Å². The van der Waals surface area contributed by atoms with Gasteiger partial charge in [0.05, 0.1) is 7.11 Å². The summed E-state index contributed by atoms with van der Waals surface area (Å²) < 4.78 is 16.3. The van der Waals surface area contributed by atoms with Gasteiger partial charge in [-0.2, -0.15) is 0 Å². The van der Waals surface area contributed by atoms with Crippen molar-refractivity contribution in [1.82, 2.24) is 10.2 Å². The van der Waals surface area contributed by atoms with Crippen molar-refractivity contribution < 1.29 is 19.0 Å². The molecule has 0 saturated carbocycles. The highest BCUT2D eigenvalue weighted by Gasteiger charge is 2.29. The molecule has 2 aliphatic heterocycles. The van der Waals surface area contributed by atoms with Crippen molar-refractivity contribution in [2.75, 3.05) is 27.0 Å². The highest BCUT2D eigenvalue weighted by molar-refractivity contribution is 5.75. The number of nitrogens with one attached hydrogen (secondary N) is 1. The van der Waals surface area contributed by atoms with Crippen LogP contribution in [0.5, 0.6) is 17.2 Å². The van der Waals surface area contributed by atoms with Gasteiger partial charge in [-0.3, -0.25) is 4.79 Å². The fourth-order valence-corrected chi connectivity index (χ4v) is 3.70. The zero-order chi connectivity index (χ0) is 17.8. The van der Waals surface area contributed by atoms with Gasteiger partial charge in [-0.1, -0.05) is 20.3 Å². The number of rotatable bonds is 6. The monoisotopic (exact) mass is 348 g/mol. The number of hydrogen-bond donors (Lipinski definition) is 1. The normalized spacial score (nSPS) is 22.1. The molecular formula is C19H28N2O4. The summed E-state index contributed by atoms with van der Waals surface area (Å²) in [4.78, 5) is 14.0. The molecule has 6 heteroatoms. The third kappa shape index (κ3) is 3.84. The standard InChI is InChI=1S/C19H28N2O4/c1-4-14-11-21(18(22)5-2)7-6-15(14)20-10-13-8-16(23-3)19-17(9-13)24-12-25-19/h8-9,14-15,20H,4-7,10-12H2,1-3H3. The second-order valence-corrected chi connectivity index (χ2v) is 6.67. The molecule has 138 valence electrons. The lowest BCUT2D eigenvalue weighted by Crippen LogP contribution is -2.50. The molecule has 2 atom stereocenters. The van der Waals surface area contributed by atoms with Crippen LogP contribution in [-0.2, 0) is 11.3 Å². The molecule has 3 rings (SSSR count). The first-order valence-corrected chi connectivity index (χ1v) is 9.13. The first-order chi connectivity index (χ1) is 12.2. The molecule has 0 spiro atoms. The summed E-state index contributed by atoms with van der Waals surface area (Å²) in [6.07, 6.45) is 2.65. The van der Waals surface area contributed by atoms with E-state index >= 15 is 0 Å². The number of nitrogens with zero attached hydrogens (tertiary/aromatic N) is 1. The Kier molecular flexibility index (Phi) is 5.68. The summed E-state index contributed by atoms with van der Waals surface area (Å²) in [5, 5.41) is 3.67. The number of piperidine rings is 1. The highest BCUT2D eigenvalue weighted by Crippen LogP contribution is 2.41. The average Bonchev–Trinajstić information content (AvgIpc) is 3.13. The summed E-state index contributed by atoms with van der Waals surface area (Å²) in [6.45, 7) is 6.81. The van der Waals surface area contributed by atoms with Crippen molar-refractivity contribution in [1.29, 1.82) is 0 Å². The van der Waals surface area contributed by atoms with Crippen molar-refractivity contribution in [3.05, 3.63) is 17.7 Å². The van der Waals surface area contributed by atoms with E-state index < -0.39 is 0 Å². The van der Waals surface area contributed by atoms with Crippen LogP contribution in [0.15, 0.2) is 12.1 Å². The maximum Gasteiger partial charge on any atom is 0.231 e. The number of benzene rings is 1. The minimum Gasteiger partial charge on any atom is -0.493 e. The second kappa shape index (κ2) is 7.95. The SMILES string of the molecule is CCC(=O)N1CCC(NCc2cc(OC)c3c(c2)OCO3)C(CC)C1. The molecular weight excluding hydrogens is 320 g/mol. The molecule has 2 heterocycles. The second-order valence-electron chi connectivity index (χ2n) is 6.67. The Labute approximate surface area is 149 Å². The van der Waals surface area contributed by atoms with Crippen molar-refractivity contribution >= 4 is 5.91 Å². The predicted molar refractivity (Wildman–Crippen MR) is 95.0 cm³/mol. The van der Waals surface area contributed by atoms with Crippen LogP contribution in [0, 0.1) is 5.92 Å². The lowest BCUT2D eigenvalue weighted by molar-refractivity contribution is -0.133. The smallest absolute Gasteiger partial charge is 0.231 e. The van der Waals surface area contributed by atoms with Crippen LogP contribution >= 0.6 is 0 Å². The number of carbonyl (C=O) groups excluding carboxylic acids is 1. The van der Waals surface area contributed by atoms with Crippen molar-refractivity contribution in [3.8, 4) is 17.2 Å². The zero-order valence-corrected chi connectivity index (χ0v) is 15.3. The van der Waals surface area contributed by atoms with Gasteiger partial charge in [-0.15, -0.1) is 0 Å². The Bertz CT molecular complexity index is 620. The van der Waals surface area contributed by atoms with Crippen LogP contribution in [0.2, 0.25) is 0 Å². The largest absolute Gasteiger partial charge is 0.493 e. The first-order valence-electron chi connectivity index (χ1n) is 9.13. The predicted octanol–water partition coefficient (Wildman–Crippen LogP) is 2.55. The Morgan fingerprint density at radius 1 is 1.36 bits per heavy atom. The van der Waals surface area contributed by atoms with Crippen LogP contribution in [0.4, 0.5) is 0 Å². The molecule has 6 nitrogen and oxygen atoms in total. The number of fused-ring (bicyclic) bond motifs is 1. The van der Waals surface area contributed by atoms with Gasteiger partial charge in [0.2, 0.25) is 18.4 Å². The number of carbonyl (C=O) groups is 1. The van der Waals surface area contributed by atoms with E-state index in [2.05, 4.69) is 12.2 Å². The minimum atomic E-state index is 0.240. The quantitative estimate of drug-likeness (QED) is 0.856. The maximum absolute atomic E-state index is 12.0. The van der Waals surface area contributed by atoms with Gasteiger partial charge in [0.25, 0.3) is 0 Å². The molecule has 1 aromatic carbocycles. The first kappa shape index (κ1) is 17.9. The summed E-state index contributed by atoms with van der Waals surface area (Å²) in [5.74, 6) is 2.88. The van der Waals surface area contributed by atoms with Gasteiger partial charge < -0.3 is 24.4 Å². The average molecular weight is 348 g/mol. The van der Waals surface area contributed by atoms with Crippen LogP contribution in [-0.4, -0.2) is 43.8 Å². The Hall–Kier alpha value is -1.95. The van der Waals surface area contributed by atoms with Crippen LogP contribution in [0.1, 0.15) is 38.7 Å². The van der Waals surface area contributed by atoms with E-state index in [9.17, 15) is 4.79 Å². The Balaban J connectivity index is 1.62. The fourth-order valence-electron chi connectivity index (χ4n) is 3.70. The molecule has 1 fully saturated rings. The van der Waals surface area contributed by atoms with E-state index in [4.69, 9.17) is 14.2 Å². The number of likely N-dealkylation sites (tertiary alicyclic amines) is 1. The van der Waals surface area contributed by atoms with Crippen LogP contribution < -0.4 is 19.5 Å². The Morgan fingerprint density at radius 3 is 2.92 bits per heavy atom. The van der Waals surface area contributed by atoms with Crippen molar-refractivity contribution in [2.45, 2.75) is 45.7 Å². The van der Waals surface area contributed by atoms with E-state index in [1.807, 2.05) is 24.0 Å². The summed E-state index contributed by atoms with van der Waals surface area (Å²) in [6, 6.07) is 4.42. The van der Waals surface area contributed by atoms with Gasteiger partial charge in [-0.25, -0.2) is 0 Å². The van der Waals surface area contributed by atoms with Crippen molar-refractivity contribution in [3.63, 3.8) is 0 Å². The van der Waals surface area contributed by atoms with E-state index in [1.165, 1.54) is 0 Å². The van der Waals surface area contributed by atoms with Crippen molar-refractivity contribution in [2.24, 2.45) is 5.92 Å². The van der Waals surface area contributed by atoms with Gasteiger partial charge >= 0.3 is 0 Å². The number of methoxy groups -OCH3 is 1. The molecule has 1 aromatic rings. The molecule has 2 unspecified atom stereocenters. The summed E-state index contributed by atoms with van der Waals surface area (Å²) in [7, 11) is 1.64. The van der Waals surface area contributed by atoms with E-state index in [1.54, 1.807) is 7.11 Å². The number of hydrogen-bond acceptors (Lipinski definition) is 5.